The zero-order chi connectivity index (χ0) is 40.7. The minimum Gasteiger partial charge on any atom is -0.462 e. The molecule has 0 N–H and O–H groups in total. The summed E-state index contributed by atoms with van der Waals surface area (Å²) in [4.78, 5) is 25.3. The molecule has 0 rings (SSSR count). The van der Waals surface area contributed by atoms with Gasteiger partial charge in [-0.15, -0.1) is 0 Å². The third kappa shape index (κ3) is 45.1. The number of hydrogen-bond donors (Lipinski definition) is 0. The first-order valence-electron chi connectivity index (χ1n) is 24.9. The molecule has 0 aliphatic rings. The van der Waals surface area contributed by atoms with Gasteiger partial charge in [-0.05, 0) is 51.4 Å². The van der Waals surface area contributed by atoms with Crippen LogP contribution in [0.15, 0.2) is 24.3 Å². The summed E-state index contributed by atoms with van der Waals surface area (Å²) in [7, 11) is 0. The van der Waals surface area contributed by atoms with Gasteiger partial charge in [-0.1, -0.05) is 225 Å². The molecule has 0 spiro atoms. The van der Waals surface area contributed by atoms with Crippen molar-refractivity contribution in [2.45, 2.75) is 271 Å². The second-order valence-electron chi connectivity index (χ2n) is 16.7. The van der Waals surface area contributed by atoms with E-state index in [0.717, 1.165) is 44.9 Å². The lowest BCUT2D eigenvalue weighted by molar-refractivity contribution is -0.163. The quantitative estimate of drug-likeness (QED) is 0.0349. The zero-order valence-electron chi connectivity index (χ0n) is 37.9. The van der Waals surface area contributed by atoms with E-state index in [1.165, 1.54) is 186 Å². The van der Waals surface area contributed by atoms with Crippen molar-refractivity contribution >= 4 is 11.9 Å². The second-order valence-corrected chi connectivity index (χ2v) is 16.7. The van der Waals surface area contributed by atoms with Gasteiger partial charge in [0.15, 0.2) is 6.10 Å². The van der Waals surface area contributed by atoms with Crippen LogP contribution in [-0.2, 0) is 23.8 Å². The molecule has 0 saturated carbocycles. The van der Waals surface area contributed by atoms with Gasteiger partial charge < -0.3 is 14.2 Å². The van der Waals surface area contributed by atoms with Crippen molar-refractivity contribution in [3.63, 3.8) is 0 Å². The molecule has 0 radical (unpaired) electrons. The molecule has 0 aromatic carbocycles. The topological polar surface area (TPSA) is 61.8 Å². The molecule has 330 valence electrons. The maximum Gasteiger partial charge on any atom is 0.306 e. The van der Waals surface area contributed by atoms with Gasteiger partial charge in [0.05, 0.1) is 6.61 Å². The first-order valence-corrected chi connectivity index (χ1v) is 24.9. The molecule has 1 unspecified atom stereocenters. The molecular weight excluding hydrogens is 693 g/mol. The second kappa shape index (κ2) is 47.8. The minimum atomic E-state index is -0.532. The number of allylic oxidation sites excluding steroid dienone is 4. The number of ether oxygens (including phenoxy) is 3. The molecule has 0 heterocycles. The van der Waals surface area contributed by atoms with Gasteiger partial charge in [-0.25, -0.2) is 0 Å². The molecule has 0 aromatic heterocycles. The average Bonchev–Trinajstić information content (AvgIpc) is 3.20. The lowest BCUT2D eigenvalue weighted by Gasteiger charge is -2.18. The SMILES string of the molecule is CCCCC/C=C\C/C=C\CCCCCCCCOCC(COC(=O)CCCCCCCCCCCCCCC)OC(=O)CCCCCCCCCCCCC. The lowest BCUT2D eigenvalue weighted by atomic mass is 10.0. The Balaban J connectivity index is 4.22. The van der Waals surface area contributed by atoms with Crippen molar-refractivity contribution in [3.8, 4) is 0 Å². The van der Waals surface area contributed by atoms with E-state index < -0.39 is 6.10 Å². The highest BCUT2D eigenvalue weighted by atomic mass is 16.6. The number of carbonyl (C=O) groups is 2. The van der Waals surface area contributed by atoms with Crippen molar-refractivity contribution in [2.24, 2.45) is 0 Å². The monoisotopic (exact) mass is 789 g/mol. The van der Waals surface area contributed by atoms with Crippen molar-refractivity contribution in [2.75, 3.05) is 19.8 Å². The van der Waals surface area contributed by atoms with Gasteiger partial charge in [-0.3, -0.25) is 9.59 Å². The van der Waals surface area contributed by atoms with Gasteiger partial charge in [0.25, 0.3) is 0 Å². The molecule has 0 aliphatic carbocycles. The predicted octanol–water partition coefficient (Wildman–Crippen LogP) is 16.5. The normalized spacial score (nSPS) is 12.3. The number of rotatable bonds is 46. The van der Waals surface area contributed by atoms with E-state index in [1.807, 2.05) is 0 Å². The third-order valence-corrected chi connectivity index (χ3v) is 11.0. The van der Waals surface area contributed by atoms with Crippen LogP contribution in [0, 0.1) is 0 Å². The Morgan fingerprint density at radius 1 is 0.393 bits per heavy atom. The Morgan fingerprint density at radius 2 is 0.750 bits per heavy atom. The standard InChI is InChI=1S/C51H96O5/c1-4-7-10-13-16-19-22-24-25-26-28-31-34-37-40-43-46-54-47-49(56-51(53)45-42-39-36-33-29-21-18-15-12-9-6-3)48-55-50(52)44-41-38-35-32-30-27-23-20-17-14-11-8-5-2/h16,19,24-25,49H,4-15,17-18,20-23,26-48H2,1-3H3/b19-16-,25-24-. The summed E-state index contributed by atoms with van der Waals surface area (Å²) < 4.78 is 17.4. The molecule has 5 heteroatoms. The van der Waals surface area contributed by atoms with Gasteiger partial charge in [-0.2, -0.15) is 0 Å². The largest absolute Gasteiger partial charge is 0.462 e. The van der Waals surface area contributed by atoms with Crippen LogP contribution in [0.4, 0.5) is 0 Å². The Hall–Kier alpha value is -1.62. The molecule has 5 nitrogen and oxygen atoms in total. The summed E-state index contributed by atoms with van der Waals surface area (Å²) in [6.07, 6.45) is 54.6. The molecule has 0 aromatic rings. The van der Waals surface area contributed by atoms with Crippen molar-refractivity contribution in [1.29, 1.82) is 0 Å². The first-order chi connectivity index (χ1) is 27.6. The fourth-order valence-corrected chi connectivity index (χ4v) is 7.25. The molecule has 56 heavy (non-hydrogen) atoms. The van der Waals surface area contributed by atoms with E-state index in [9.17, 15) is 9.59 Å². The summed E-state index contributed by atoms with van der Waals surface area (Å²) in [6.45, 7) is 7.81. The van der Waals surface area contributed by atoms with Crippen LogP contribution in [0.2, 0.25) is 0 Å². The van der Waals surface area contributed by atoms with E-state index in [-0.39, 0.29) is 25.2 Å². The first kappa shape index (κ1) is 54.4. The van der Waals surface area contributed by atoms with E-state index in [1.54, 1.807) is 0 Å². The van der Waals surface area contributed by atoms with Crippen molar-refractivity contribution in [3.05, 3.63) is 24.3 Å². The summed E-state index contributed by atoms with van der Waals surface area (Å²) >= 11 is 0. The van der Waals surface area contributed by atoms with Crippen LogP contribution in [-0.4, -0.2) is 37.9 Å². The summed E-state index contributed by atoms with van der Waals surface area (Å²) in [5.74, 6) is -0.389. The number of carbonyl (C=O) groups excluding carboxylic acids is 2. The average molecular weight is 789 g/mol. The highest BCUT2D eigenvalue weighted by Crippen LogP contribution is 2.15. The van der Waals surface area contributed by atoms with Crippen molar-refractivity contribution in [1.82, 2.24) is 0 Å². The molecule has 0 amide bonds. The zero-order valence-corrected chi connectivity index (χ0v) is 37.9. The molecule has 0 saturated heterocycles. The van der Waals surface area contributed by atoms with Gasteiger partial charge >= 0.3 is 11.9 Å². The van der Waals surface area contributed by atoms with Crippen LogP contribution in [0.1, 0.15) is 265 Å². The Morgan fingerprint density at radius 3 is 1.21 bits per heavy atom. The van der Waals surface area contributed by atoms with Crippen LogP contribution in [0.25, 0.3) is 0 Å². The van der Waals surface area contributed by atoms with Crippen LogP contribution >= 0.6 is 0 Å². The van der Waals surface area contributed by atoms with E-state index in [0.29, 0.717) is 19.4 Å². The smallest absolute Gasteiger partial charge is 0.306 e. The number of unbranched alkanes of at least 4 members (excludes halogenated alkanes) is 31. The van der Waals surface area contributed by atoms with Gasteiger partial charge in [0, 0.05) is 19.4 Å². The fraction of sp³-hybridized carbons (Fsp3) is 0.882. The van der Waals surface area contributed by atoms with Crippen LogP contribution in [0.3, 0.4) is 0 Å². The highest BCUT2D eigenvalue weighted by Gasteiger charge is 2.17. The van der Waals surface area contributed by atoms with Gasteiger partial charge in [0.1, 0.15) is 6.61 Å². The molecule has 0 aliphatic heterocycles. The maximum absolute atomic E-state index is 12.7. The van der Waals surface area contributed by atoms with E-state index in [4.69, 9.17) is 14.2 Å². The Labute approximate surface area is 349 Å². The molecule has 0 fully saturated rings. The van der Waals surface area contributed by atoms with Crippen LogP contribution < -0.4 is 0 Å². The fourth-order valence-electron chi connectivity index (χ4n) is 7.25. The molecule has 1 atom stereocenters. The van der Waals surface area contributed by atoms with E-state index >= 15 is 0 Å². The van der Waals surface area contributed by atoms with Crippen molar-refractivity contribution < 1.29 is 23.8 Å². The van der Waals surface area contributed by atoms with E-state index in [2.05, 4.69) is 45.1 Å². The maximum atomic E-state index is 12.7. The summed E-state index contributed by atoms with van der Waals surface area (Å²) in [5.41, 5.74) is 0. The third-order valence-electron chi connectivity index (χ3n) is 11.0. The summed E-state index contributed by atoms with van der Waals surface area (Å²) in [6, 6.07) is 0. The Bertz CT molecular complexity index is 851. The number of hydrogen-bond acceptors (Lipinski definition) is 5. The molecular formula is C51H96O5. The summed E-state index contributed by atoms with van der Waals surface area (Å²) in [5, 5.41) is 0. The van der Waals surface area contributed by atoms with Gasteiger partial charge in [0.2, 0.25) is 0 Å². The lowest BCUT2D eigenvalue weighted by Crippen LogP contribution is -2.30. The van der Waals surface area contributed by atoms with Crippen LogP contribution in [0.5, 0.6) is 0 Å². The number of esters is 2. The minimum absolute atomic E-state index is 0.0883. The predicted molar refractivity (Wildman–Crippen MR) is 242 cm³/mol. The Kier molecular flexibility index (Phi) is 46.4. The highest BCUT2D eigenvalue weighted by molar-refractivity contribution is 5.70. The molecule has 0 bridgehead atoms.